The van der Waals surface area contributed by atoms with E-state index in [4.69, 9.17) is 4.74 Å². The molecular formula is C14H21NO2S. The van der Waals surface area contributed by atoms with Crippen LogP contribution in [0, 0.1) is 0 Å². The average Bonchev–Trinajstić information content (AvgIpc) is 2.91. The van der Waals surface area contributed by atoms with Gasteiger partial charge in [0, 0.05) is 10.9 Å². The average molecular weight is 267 g/mol. The van der Waals surface area contributed by atoms with Crippen LogP contribution in [0.15, 0.2) is 17.5 Å². The minimum atomic E-state index is -0.284. The molecule has 2 rings (SSSR count). The summed E-state index contributed by atoms with van der Waals surface area (Å²) in [4.78, 5) is 13.1. The van der Waals surface area contributed by atoms with Crippen molar-refractivity contribution in [1.29, 1.82) is 0 Å². The molecule has 1 fully saturated rings. The van der Waals surface area contributed by atoms with Gasteiger partial charge in [-0.15, -0.1) is 11.3 Å². The Kier molecular flexibility index (Phi) is 5.20. The van der Waals surface area contributed by atoms with Crippen LogP contribution in [0.5, 0.6) is 0 Å². The molecule has 0 aliphatic heterocycles. The van der Waals surface area contributed by atoms with Crippen molar-refractivity contribution in [2.45, 2.75) is 51.1 Å². The van der Waals surface area contributed by atoms with Gasteiger partial charge in [-0.25, -0.2) is 4.79 Å². The number of carbonyl (C=O) groups excluding carboxylic acids is 1. The Morgan fingerprint density at radius 3 is 2.89 bits per heavy atom. The zero-order valence-corrected chi connectivity index (χ0v) is 11.7. The maximum absolute atomic E-state index is 12.0. The molecule has 0 spiro atoms. The zero-order chi connectivity index (χ0) is 12.8. The molecule has 1 unspecified atom stereocenters. The lowest BCUT2D eigenvalue weighted by molar-refractivity contribution is -0.146. The van der Waals surface area contributed by atoms with Crippen LogP contribution in [0.4, 0.5) is 0 Å². The van der Waals surface area contributed by atoms with Gasteiger partial charge in [-0.1, -0.05) is 25.3 Å². The summed E-state index contributed by atoms with van der Waals surface area (Å²) in [5.74, 6) is -0.148. The van der Waals surface area contributed by atoms with E-state index in [9.17, 15) is 4.79 Å². The highest BCUT2D eigenvalue weighted by molar-refractivity contribution is 7.10. The van der Waals surface area contributed by atoms with Crippen molar-refractivity contribution in [1.82, 2.24) is 5.32 Å². The molecule has 3 nitrogen and oxygen atoms in total. The van der Waals surface area contributed by atoms with Crippen molar-refractivity contribution < 1.29 is 9.53 Å². The van der Waals surface area contributed by atoms with Gasteiger partial charge in [0.05, 0.1) is 6.61 Å². The summed E-state index contributed by atoms with van der Waals surface area (Å²) in [7, 11) is 0. The van der Waals surface area contributed by atoms with E-state index in [2.05, 4.69) is 5.32 Å². The van der Waals surface area contributed by atoms with Crippen molar-refractivity contribution in [3.8, 4) is 0 Å². The predicted molar refractivity (Wildman–Crippen MR) is 73.7 cm³/mol. The van der Waals surface area contributed by atoms with Crippen molar-refractivity contribution in [3.05, 3.63) is 22.4 Å². The van der Waals surface area contributed by atoms with Crippen LogP contribution in [0.1, 0.15) is 49.9 Å². The largest absolute Gasteiger partial charge is 0.465 e. The topological polar surface area (TPSA) is 38.3 Å². The lowest BCUT2D eigenvalue weighted by Gasteiger charge is -2.27. The van der Waals surface area contributed by atoms with Gasteiger partial charge in [-0.05, 0) is 31.2 Å². The van der Waals surface area contributed by atoms with Crippen LogP contribution in [-0.2, 0) is 9.53 Å². The fourth-order valence-corrected chi connectivity index (χ4v) is 3.22. The summed E-state index contributed by atoms with van der Waals surface area (Å²) in [6, 6.07) is 4.15. The summed E-state index contributed by atoms with van der Waals surface area (Å²) in [5.41, 5.74) is 0. The summed E-state index contributed by atoms with van der Waals surface area (Å²) < 4.78 is 5.17. The van der Waals surface area contributed by atoms with E-state index in [1.807, 2.05) is 24.4 Å². The zero-order valence-electron chi connectivity index (χ0n) is 10.9. The maximum Gasteiger partial charge on any atom is 0.328 e. The van der Waals surface area contributed by atoms with Gasteiger partial charge in [0.25, 0.3) is 0 Å². The fraction of sp³-hybridized carbons (Fsp3) is 0.643. The molecule has 4 heteroatoms. The Labute approximate surface area is 113 Å². The Bertz CT molecular complexity index is 358. The molecule has 1 aromatic heterocycles. The van der Waals surface area contributed by atoms with Crippen molar-refractivity contribution in [2.24, 2.45) is 0 Å². The second-order valence-corrected chi connectivity index (χ2v) is 5.68. The van der Waals surface area contributed by atoms with E-state index in [1.54, 1.807) is 11.3 Å². The first-order valence-electron chi connectivity index (χ1n) is 6.77. The van der Waals surface area contributed by atoms with Crippen LogP contribution < -0.4 is 5.32 Å². The first-order valence-corrected chi connectivity index (χ1v) is 7.65. The molecule has 0 radical (unpaired) electrons. The van der Waals surface area contributed by atoms with E-state index in [-0.39, 0.29) is 12.0 Å². The molecule has 100 valence electrons. The van der Waals surface area contributed by atoms with Crippen molar-refractivity contribution in [2.75, 3.05) is 6.61 Å². The number of nitrogens with one attached hydrogen (secondary N) is 1. The summed E-state index contributed by atoms with van der Waals surface area (Å²) in [6.07, 6.45) is 6.18. The number of rotatable bonds is 5. The van der Waals surface area contributed by atoms with Gasteiger partial charge >= 0.3 is 5.97 Å². The third-order valence-corrected chi connectivity index (χ3v) is 4.29. The molecule has 0 saturated heterocycles. The monoisotopic (exact) mass is 267 g/mol. The second-order valence-electron chi connectivity index (χ2n) is 4.70. The highest BCUT2D eigenvalue weighted by Gasteiger charge is 2.26. The van der Waals surface area contributed by atoms with E-state index in [0.29, 0.717) is 12.6 Å². The fourth-order valence-electron chi connectivity index (χ4n) is 2.45. The van der Waals surface area contributed by atoms with Crippen LogP contribution in [-0.4, -0.2) is 18.6 Å². The van der Waals surface area contributed by atoms with Gasteiger partial charge in [-0.3, -0.25) is 5.32 Å². The first-order chi connectivity index (χ1) is 8.81. The number of ether oxygens (including phenoxy) is 1. The number of hydrogen-bond donors (Lipinski definition) is 1. The van der Waals surface area contributed by atoms with Crippen LogP contribution in [0.3, 0.4) is 0 Å². The molecule has 0 bridgehead atoms. The van der Waals surface area contributed by atoms with Gasteiger partial charge in [-0.2, -0.15) is 0 Å². The Balaban J connectivity index is 2.02. The molecule has 1 heterocycles. The number of esters is 1. The number of carbonyl (C=O) groups is 1. The molecule has 1 aromatic rings. The quantitative estimate of drug-likeness (QED) is 0.832. The van der Waals surface area contributed by atoms with Gasteiger partial charge < -0.3 is 4.74 Å². The molecule has 1 aliphatic carbocycles. The van der Waals surface area contributed by atoms with Crippen LogP contribution >= 0.6 is 11.3 Å². The third-order valence-electron chi connectivity index (χ3n) is 3.36. The Morgan fingerprint density at radius 1 is 1.50 bits per heavy atom. The molecule has 0 aromatic carbocycles. The highest BCUT2D eigenvalue weighted by Crippen LogP contribution is 2.25. The summed E-state index contributed by atoms with van der Waals surface area (Å²) >= 11 is 1.61. The molecule has 1 saturated carbocycles. The smallest absolute Gasteiger partial charge is 0.328 e. The molecular weight excluding hydrogens is 246 g/mol. The molecule has 0 amide bonds. The third kappa shape index (κ3) is 3.56. The maximum atomic E-state index is 12.0. The van der Waals surface area contributed by atoms with E-state index in [0.717, 1.165) is 4.88 Å². The molecule has 1 atom stereocenters. The SMILES string of the molecule is CCOC(=O)C(NC1CCCCC1)c1cccs1. The van der Waals surface area contributed by atoms with Crippen molar-refractivity contribution in [3.63, 3.8) is 0 Å². The van der Waals surface area contributed by atoms with Gasteiger partial charge in [0.1, 0.15) is 6.04 Å². The first kappa shape index (κ1) is 13.6. The van der Waals surface area contributed by atoms with E-state index >= 15 is 0 Å². The molecule has 1 N–H and O–H groups in total. The highest BCUT2D eigenvalue weighted by atomic mass is 32.1. The lowest BCUT2D eigenvalue weighted by Crippen LogP contribution is -2.38. The summed E-state index contributed by atoms with van der Waals surface area (Å²) in [6.45, 7) is 2.29. The predicted octanol–water partition coefficient (Wildman–Crippen LogP) is 3.27. The van der Waals surface area contributed by atoms with Crippen LogP contribution in [0.25, 0.3) is 0 Å². The minimum Gasteiger partial charge on any atom is -0.465 e. The molecule has 18 heavy (non-hydrogen) atoms. The Hall–Kier alpha value is -0.870. The minimum absolute atomic E-state index is 0.148. The van der Waals surface area contributed by atoms with Gasteiger partial charge in [0.2, 0.25) is 0 Å². The number of hydrogen-bond acceptors (Lipinski definition) is 4. The van der Waals surface area contributed by atoms with E-state index in [1.165, 1.54) is 32.1 Å². The number of thiophene rings is 1. The summed E-state index contributed by atoms with van der Waals surface area (Å²) in [5, 5.41) is 5.48. The molecule has 1 aliphatic rings. The normalized spacial score (nSPS) is 18.5. The van der Waals surface area contributed by atoms with E-state index < -0.39 is 0 Å². The lowest BCUT2D eigenvalue weighted by atomic mass is 9.95. The van der Waals surface area contributed by atoms with Crippen LogP contribution in [0.2, 0.25) is 0 Å². The second kappa shape index (κ2) is 6.90. The van der Waals surface area contributed by atoms with Crippen molar-refractivity contribution >= 4 is 17.3 Å². The Morgan fingerprint density at radius 2 is 2.28 bits per heavy atom. The standard InChI is InChI=1S/C14H21NO2S/c1-2-17-14(16)13(12-9-6-10-18-12)15-11-7-4-3-5-8-11/h6,9-11,13,15H,2-5,7-8H2,1H3. The van der Waals surface area contributed by atoms with Gasteiger partial charge in [0.15, 0.2) is 0 Å².